The number of halogens is 3. The molecule has 246 valence electrons. The van der Waals surface area contributed by atoms with E-state index in [1.807, 2.05) is 6.92 Å². The van der Waals surface area contributed by atoms with E-state index < -0.39 is 43.9 Å². The van der Waals surface area contributed by atoms with Gasteiger partial charge in [-0.15, -0.1) is 0 Å². The molecule has 0 fully saturated rings. The molecule has 1 unspecified atom stereocenters. The van der Waals surface area contributed by atoms with Crippen molar-refractivity contribution in [3.05, 3.63) is 53.5 Å². The number of phosphoric acid groups is 1. The number of anilines is 1. The molecule has 1 N–H and O–H groups in total. The number of nitrogens with one attached hydrogen (secondary N) is 1. The molecular weight excluding hydrogens is 616 g/mol. The van der Waals surface area contributed by atoms with Gasteiger partial charge in [0.25, 0.3) is 5.91 Å². The maximum Gasteiger partial charge on any atom is 0.477 e. The first-order chi connectivity index (χ1) is 21.0. The summed E-state index contributed by atoms with van der Waals surface area (Å²) in [5.74, 6) is -0.198. The first-order valence-electron chi connectivity index (χ1n) is 14.5. The number of nitrogens with zero attached hydrogens (tertiary/aromatic N) is 5. The number of benzene rings is 1. The summed E-state index contributed by atoms with van der Waals surface area (Å²) >= 11 is 0. The number of Topliss-reactive ketones (excluding diaryl/α,β-unsaturated/α-hetero) is 1. The molecule has 16 heteroatoms. The van der Waals surface area contributed by atoms with Gasteiger partial charge in [-0.3, -0.25) is 32.4 Å². The molecule has 0 bridgehead atoms. The number of fused-ring (bicyclic) bond motifs is 1. The smallest absolute Gasteiger partial charge is 0.351 e. The maximum atomic E-state index is 13.7. The van der Waals surface area contributed by atoms with Crippen LogP contribution in [0.25, 0.3) is 11.4 Å². The lowest BCUT2D eigenvalue weighted by Crippen LogP contribution is -2.43. The molecule has 1 aliphatic heterocycles. The minimum atomic E-state index is -4.49. The molecule has 1 amide bonds. The number of alkyl halides is 3. The van der Waals surface area contributed by atoms with Gasteiger partial charge in [-0.05, 0) is 58.7 Å². The topological polar surface area (TPSA) is 130 Å². The van der Waals surface area contributed by atoms with Crippen LogP contribution < -0.4 is 5.32 Å². The third-order valence-corrected chi connectivity index (χ3v) is 8.23. The number of carbonyl (C=O) groups excluding carboxylic acids is 2. The molecule has 2 aromatic heterocycles. The summed E-state index contributed by atoms with van der Waals surface area (Å²) in [7, 11) is -4.17. The Balaban J connectivity index is 1.70. The lowest BCUT2D eigenvalue weighted by atomic mass is 10.1. The fraction of sp³-hybridized carbons (Fsp3) is 0.517. The van der Waals surface area contributed by atoms with Crippen LogP contribution in [0.4, 0.5) is 19.0 Å². The largest absolute Gasteiger partial charge is 0.477 e. The van der Waals surface area contributed by atoms with Crippen LogP contribution in [0.2, 0.25) is 0 Å². The molecule has 12 nitrogen and oxygen atoms in total. The third kappa shape index (κ3) is 8.81. The second-order valence-corrected chi connectivity index (χ2v) is 13.4. The molecule has 0 aliphatic carbocycles. The van der Waals surface area contributed by atoms with Gasteiger partial charge in [0, 0.05) is 12.6 Å². The third-order valence-electron chi connectivity index (χ3n) is 6.35. The van der Waals surface area contributed by atoms with Crippen molar-refractivity contribution in [3.63, 3.8) is 0 Å². The number of rotatable bonds is 13. The van der Waals surface area contributed by atoms with Crippen molar-refractivity contribution in [2.75, 3.05) is 18.5 Å². The molecule has 0 saturated heterocycles. The zero-order chi connectivity index (χ0) is 33.2. The number of phosphoric ester groups is 1. The number of imidazole rings is 1. The number of ketones is 1. The van der Waals surface area contributed by atoms with Gasteiger partial charge in [-0.25, -0.2) is 9.55 Å². The normalized spacial score (nSPS) is 15.2. The second-order valence-electron chi connectivity index (χ2n) is 11.9. The molecule has 0 spiro atoms. The molecule has 3 heterocycles. The zero-order valence-corrected chi connectivity index (χ0v) is 26.9. The Kier molecular flexibility index (Phi) is 10.3. The number of carbonyl (C=O) groups is 2. The standard InChI is InChI=1S/C29H38F3N6O6P/c1-7-9-23(39)16-36-17-33-25-24(27(36)40)38(18-42-45(41,43-19(2)3)44-28(4,5)6)26(35-25)21-13-34-37(15-21)14-20-10-8-11-22(12-20)29(30,31)32/h8,10-13,15,19,33H,7,9,14,16-18H2,1-6H3. The number of hydrogen-bond donors (Lipinski definition) is 1. The quantitative estimate of drug-likeness (QED) is 0.210. The average molecular weight is 655 g/mol. The van der Waals surface area contributed by atoms with E-state index >= 15 is 0 Å². The van der Waals surface area contributed by atoms with Crippen molar-refractivity contribution in [3.8, 4) is 11.4 Å². The minimum Gasteiger partial charge on any atom is -0.351 e. The fourth-order valence-electron chi connectivity index (χ4n) is 4.63. The van der Waals surface area contributed by atoms with Crippen LogP contribution in [0, 0.1) is 0 Å². The second kappa shape index (κ2) is 13.5. The van der Waals surface area contributed by atoms with Gasteiger partial charge in [-0.1, -0.05) is 19.1 Å². The maximum absolute atomic E-state index is 13.7. The highest BCUT2D eigenvalue weighted by atomic mass is 31.2. The Morgan fingerprint density at radius 1 is 1.20 bits per heavy atom. The van der Waals surface area contributed by atoms with Gasteiger partial charge in [-0.2, -0.15) is 18.3 Å². The van der Waals surface area contributed by atoms with E-state index in [9.17, 15) is 27.3 Å². The first-order valence-corrected chi connectivity index (χ1v) is 15.9. The molecule has 1 atom stereocenters. The van der Waals surface area contributed by atoms with E-state index in [4.69, 9.17) is 13.6 Å². The average Bonchev–Trinajstić information content (AvgIpc) is 3.52. The summed E-state index contributed by atoms with van der Waals surface area (Å²) in [4.78, 5) is 32.0. The molecule has 4 rings (SSSR count). The van der Waals surface area contributed by atoms with Crippen molar-refractivity contribution in [1.29, 1.82) is 0 Å². The van der Waals surface area contributed by atoms with Crippen LogP contribution in [0.5, 0.6) is 0 Å². The van der Waals surface area contributed by atoms with Crippen LogP contribution in [0.15, 0.2) is 36.7 Å². The highest BCUT2D eigenvalue weighted by molar-refractivity contribution is 7.48. The summed E-state index contributed by atoms with van der Waals surface area (Å²) in [6.07, 6.45) is -1.05. The Hall–Kier alpha value is -3.52. The van der Waals surface area contributed by atoms with E-state index in [1.165, 1.54) is 26.4 Å². The van der Waals surface area contributed by atoms with Crippen LogP contribution >= 0.6 is 7.82 Å². The number of aromatic nitrogens is 4. The van der Waals surface area contributed by atoms with E-state index in [0.29, 0.717) is 24.0 Å². The van der Waals surface area contributed by atoms with Crippen LogP contribution in [0.3, 0.4) is 0 Å². The monoisotopic (exact) mass is 654 g/mol. The zero-order valence-electron chi connectivity index (χ0n) is 26.1. The summed E-state index contributed by atoms with van der Waals surface area (Å²) in [6, 6.07) is 4.93. The van der Waals surface area contributed by atoms with Crippen molar-refractivity contribution in [2.45, 2.75) is 85.5 Å². The number of hydrogen-bond acceptors (Lipinski definition) is 9. The van der Waals surface area contributed by atoms with Crippen molar-refractivity contribution >= 4 is 25.3 Å². The lowest BCUT2D eigenvalue weighted by Gasteiger charge is -2.29. The van der Waals surface area contributed by atoms with Gasteiger partial charge in [0.1, 0.15) is 12.6 Å². The van der Waals surface area contributed by atoms with E-state index in [0.717, 1.165) is 12.1 Å². The molecule has 0 saturated carbocycles. The summed E-state index contributed by atoms with van der Waals surface area (Å²) in [5, 5.41) is 7.35. The summed E-state index contributed by atoms with van der Waals surface area (Å²) in [5.41, 5.74) is -0.844. The summed E-state index contributed by atoms with van der Waals surface area (Å²) < 4.78 is 73.2. The predicted octanol–water partition coefficient (Wildman–Crippen LogP) is 6.33. The number of amides is 1. The van der Waals surface area contributed by atoms with E-state index in [1.54, 1.807) is 46.9 Å². The Morgan fingerprint density at radius 2 is 1.93 bits per heavy atom. The molecule has 0 radical (unpaired) electrons. The van der Waals surface area contributed by atoms with E-state index in [-0.39, 0.29) is 42.9 Å². The van der Waals surface area contributed by atoms with Crippen molar-refractivity contribution in [1.82, 2.24) is 24.2 Å². The van der Waals surface area contributed by atoms with Crippen LogP contribution in [-0.2, 0) is 42.4 Å². The van der Waals surface area contributed by atoms with Crippen molar-refractivity contribution in [2.24, 2.45) is 0 Å². The SMILES string of the molecule is CCCC(=O)CN1CNc2nc(-c3cnn(Cc4cccc(C(F)(F)F)c4)c3)n(COP(=O)(OC(C)C)OC(C)(C)C)c2C1=O. The highest BCUT2D eigenvalue weighted by Crippen LogP contribution is 2.54. The van der Waals surface area contributed by atoms with Gasteiger partial charge in [0.2, 0.25) is 0 Å². The molecule has 45 heavy (non-hydrogen) atoms. The highest BCUT2D eigenvalue weighted by Gasteiger charge is 2.37. The van der Waals surface area contributed by atoms with Crippen LogP contribution in [0.1, 0.15) is 76.0 Å². The summed E-state index contributed by atoms with van der Waals surface area (Å²) in [6.45, 7) is 9.75. The van der Waals surface area contributed by atoms with E-state index in [2.05, 4.69) is 15.4 Å². The Labute approximate surface area is 259 Å². The lowest BCUT2D eigenvalue weighted by molar-refractivity contribution is -0.137. The van der Waals surface area contributed by atoms with Gasteiger partial charge < -0.3 is 10.2 Å². The van der Waals surface area contributed by atoms with Crippen LogP contribution in [-0.4, -0.2) is 60.8 Å². The molecule has 3 aromatic rings. The van der Waals surface area contributed by atoms with Gasteiger partial charge in [0.15, 0.2) is 17.3 Å². The predicted molar refractivity (Wildman–Crippen MR) is 159 cm³/mol. The Bertz CT molecular complexity index is 1580. The minimum absolute atomic E-state index is 0.0300. The fourth-order valence-corrected chi connectivity index (χ4v) is 6.23. The van der Waals surface area contributed by atoms with Gasteiger partial charge in [0.05, 0.1) is 48.8 Å². The van der Waals surface area contributed by atoms with Gasteiger partial charge >= 0.3 is 14.0 Å². The molecular formula is C29H38F3N6O6P. The van der Waals surface area contributed by atoms with Crippen molar-refractivity contribution < 1.29 is 40.9 Å². The molecule has 1 aliphatic rings. The Morgan fingerprint density at radius 3 is 2.58 bits per heavy atom. The molecule has 1 aromatic carbocycles. The first kappa shape index (κ1) is 34.4.